The van der Waals surface area contributed by atoms with Crippen LogP contribution in [0.3, 0.4) is 0 Å². The van der Waals surface area contributed by atoms with Crippen LogP contribution in [0.25, 0.3) is 0 Å². The summed E-state index contributed by atoms with van der Waals surface area (Å²) in [6.07, 6.45) is 0. The molecule has 0 aliphatic rings. The third kappa shape index (κ3) is 3.77. The van der Waals surface area contributed by atoms with E-state index in [-0.39, 0.29) is 22.6 Å². The van der Waals surface area contributed by atoms with Gasteiger partial charge in [-0.05, 0) is 31.9 Å². The molecule has 0 bridgehead atoms. The molecular formula is C15H24N2O2. The number of nitro groups is 1. The molecule has 19 heavy (non-hydrogen) atoms. The third-order valence-corrected chi connectivity index (χ3v) is 3.52. The van der Waals surface area contributed by atoms with Gasteiger partial charge in [-0.15, -0.1) is 0 Å². The minimum Gasteiger partial charge on any atom is -0.314 e. The Bertz CT molecular complexity index is 444. The van der Waals surface area contributed by atoms with Gasteiger partial charge in [0.1, 0.15) is 0 Å². The summed E-state index contributed by atoms with van der Waals surface area (Å²) in [7, 11) is 0. The van der Waals surface area contributed by atoms with Gasteiger partial charge in [0.2, 0.25) is 0 Å². The molecule has 1 rings (SSSR count). The summed E-state index contributed by atoms with van der Waals surface area (Å²) in [5.41, 5.74) is 2.00. The van der Waals surface area contributed by atoms with Crippen LogP contribution in [0.4, 0.5) is 5.69 Å². The molecule has 0 aromatic heterocycles. The van der Waals surface area contributed by atoms with Crippen LogP contribution >= 0.6 is 0 Å². The lowest BCUT2D eigenvalue weighted by atomic mass is 9.82. The molecule has 1 N–H and O–H groups in total. The van der Waals surface area contributed by atoms with Crippen molar-refractivity contribution in [3.8, 4) is 0 Å². The summed E-state index contributed by atoms with van der Waals surface area (Å²) in [6.45, 7) is 11.1. The lowest BCUT2D eigenvalue weighted by Gasteiger charge is -2.28. The van der Waals surface area contributed by atoms with E-state index in [0.717, 1.165) is 17.7 Å². The summed E-state index contributed by atoms with van der Waals surface area (Å²) in [6, 6.07) is 5.75. The molecule has 1 aromatic rings. The summed E-state index contributed by atoms with van der Waals surface area (Å²) >= 11 is 0. The van der Waals surface area contributed by atoms with E-state index >= 15 is 0 Å². The molecule has 0 radical (unpaired) electrons. The summed E-state index contributed by atoms with van der Waals surface area (Å²) in [5, 5.41) is 14.7. The van der Waals surface area contributed by atoms with Crippen molar-refractivity contribution >= 4 is 5.69 Å². The van der Waals surface area contributed by atoms with Crippen molar-refractivity contribution in [2.75, 3.05) is 6.54 Å². The molecule has 0 amide bonds. The Kier molecular flexibility index (Phi) is 5.48. The maximum atomic E-state index is 11.3. The van der Waals surface area contributed by atoms with Gasteiger partial charge in [-0.3, -0.25) is 10.1 Å². The zero-order valence-electron chi connectivity index (χ0n) is 12.4. The monoisotopic (exact) mass is 264 g/mol. The molecule has 0 spiro atoms. The fourth-order valence-corrected chi connectivity index (χ4v) is 2.75. The van der Waals surface area contributed by atoms with Crippen molar-refractivity contribution < 1.29 is 4.92 Å². The van der Waals surface area contributed by atoms with Crippen LogP contribution in [-0.2, 0) is 0 Å². The van der Waals surface area contributed by atoms with Crippen molar-refractivity contribution in [1.82, 2.24) is 5.32 Å². The van der Waals surface area contributed by atoms with Gasteiger partial charge < -0.3 is 5.32 Å². The van der Waals surface area contributed by atoms with Gasteiger partial charge in [0, 0.05) is 23.6 Å². The Morgan fingerprint density at radius 1 is 1.32 bits per heavy atom. The lowest BCUT2D eigenvalue weighted by molar-refractivity contribution is -0.385. The number of aryl methyl sites for hydroxylation is 1. The predicted octanol–water partition coefficient (Wildman–Crippen LogP) is 3.64. The molecule has 106 valence electrons. The van der Waals surface area contributed by atoms with E-state index in [1.165, 1.54) is 0 Å². The molecule has 1 aromatic carbocycles. The first-order valence-electron chi connectivity index (χ1n) is 6.86. The number of hydrogen-bond donors (Lipinski definition) is 1. The highest BCUT2D eigenvalue weighted by Gasteiger charge is 2.28. The van der Waals surface area contributed by atoms with Gasteiger partial charge in [-0.1, -0.05) is 32.9 Å². The second-order valence-electron chi connectivity index (χ2n) is 5.44. The van der Waals surface area contributed by atoms with E-state index in [4.69, 9.17) is 0 Å². The zero-order chi connectivity index (χ0) is 14.6. The average Bonchev–Trinajstić information content (AvgIpc) is 2.31. The Morgan fingerprint density at radius 3 is 2.42 bits per heavy atom. The Balaban J connectivity index is 3.26. The molecule has 4 nitrogen and oxygen atoms in total. The second kappa shape index (κ2) is 6.66. The van der Waals surface area contributed by atoms with Gasteiger partial charge in [0.25, 0.3) is 5.69 Å². The summed E-state index contributed by atoms with van der Waals surface area (Å²) in [4.78, 5) is 11.0. The van der Waals surface area contributed by atoms with Crippen LogP contribution < -0.4 is 5.32 Å². The molecule has 4 heteroatoms. The Morgan fingerprint density at radius 2 is 1.95 bits per heavy atom. The lowest BCUT2D eigenvalue weighted by Crippen LogP contribution is -2.34. The van der Waals surface area contributed by atoms with Crippen LogP contribution in [0.15, 0.2) is 18.2 Å². The van der Waals surface area contributed by atoms with Crippen LogP contribution in [0.5, 0.6) is 0 Å². The summed E-state index contributed by atoms with van der Waals surface area (Å²) < 4.78 is 0. The average molecular weight is 264 g/mol. The molecular weight excluding hydrogens is 240 g/mol. The van der Waals surface area contributed by atoms with Crippen molar-refractivity contribution in [3.05, 3.63) is 39.4 Å². The van der Waals surface area contributed by atoms with Crippen LogP contribution in [-0.4, -0.2) is 17.5 Å². The molecule has 0 aliphatic carbocycles. The Labute approximate surface area is 115 Å². The highest BCUT2D eigenvalue weighted by atomic mass is 16.6. The Hall–Kier alpha value is -1.42. The number of nitro benzene ring substituents is 1. The number of benzene rings is 1. The highest BCUT2D eigenvalue weighted by Crippen LogP contribution is 2.34. The number of rotatable bonds is 6. The van der Waals surface area contributed by atoms with Gasteiger partial charge in [0.05, 0.1) is 4.92 Å². The van der Waals surface area contributed by atoms with Crippen LogP contribution in [0.1, 0.15) is 44.7 Å². The molecule has 2 unspecified atom stereocenters. The van der Waals surface area contributed by atoms with Crippen LogP contribution in [0.2, 0.25) is 0 Å². The van der Waals surface area contributed by atoms with E-state index in [2.05, 4.69) is 33.0 Å². The predicted molar refractivity (Wildman–Crippen MR) is 78.6 cm³/mol. The first-order valence-corrected chi connectivity index (χ1v) is 6.86. The van der Waals surface area contributed by atoms with Gasteiger partial charge in [-0.2, -0.15) is 0 Å². The molecule has 0 saturated carbocycles. The molecule has 0 heterocycles. The van der Waals surface area contributed by atoms with Crippen molar-refractivity contribution in [2.24, 2.45) is 5.92 Å². The second-order valence-corrected chi connectivity index (χ2v) is 5.44. The summed E-state index contributed by atoms with van der Waals surface area (Å²) in [5.74, 6) is 0.483. The van der Waals surface area contributed by atoms with Crippen molar-refractivity contribution in [1.29, 1.82) is 0 Å². The molecule has 0 fully saturated rings. The fraction of sp³-hybridized carbons (Fsp3) is 0.600. The van der Waals surface area contributed by atoms with Gasteiger partial charge in [0.15, 0.2) is 0 Å². The van der Waals surface area contributed by atoms with E-state index in [9.17, 15) is 10.1 Å². The van der Waals surface area contributed by atoms with E-state index in [0.29, 0.717) is 5.92 Å². The van der Waals surface area contributed by atoms with Gasteiger partial charge in [-0.25, -0.2) is 0 Å². The minimum absolute atomic E-state index is 0.140. The zero-order valence-corrected chi connectivity index (χ0v) is 12.4. The SMILES string of the molecule is CCNC(C)C(c1ccc(C)cc1[N+](=O)[O-])C(C)C. The number of likely N-dealkylation sites (N-methyl/N-ethyl adjacent to an activating group) is 1. The van der Waals surface area contributed by atoms with E-state index in [1.807, 2.05) is 19.1 Å². The van der Waals surface area contributed by atoms with Crippen molar-refractivity contribution in [3.63, 3.8) is 0 Å². The normalized spacial score (nSPS) is 14.4. The maximum Gasteiger partial charge on any atom is 0.273 e. The van der Waals surface area contributed by atoms with Crippen LogP contribution in [0, 0.1) is 23.0 Å². The van der Waals surface area contributed by atoms with Gasteiger partial charge >= 0.3 is 0 Å². The number of nitrogens with one attached hydrogen (secondary N) is 1. The number of hydrogen-bond acceptors (Lipinski definition) is 3. The number of nitrogens with zero attached hydrogens (tertiary/aromatic N) is 1. The maximum absolute atomic E-state index is 11.3. The topological polar surface area (TPSA) is 55.2 Å². The minimum atomic E-state index is -0.267. The largest absolute Gasteiger partial charge is 0.314 e. The molecule has 0 saturated heterocycles. The molecule has 2 atom stereocenters. The first-order chi connectivity index (χ1) is 8.88. The third-order valence-electron chi connectivity index (χ3n) is 3.52. The first kappa shape index (κ1) is 15.6. The van der Waals surface area contributed by atoms with E-state index in [1.54, 1.807) is 6.07 Å². The fourth-order valence-electron chi connectivity index (χ4n) is 2.75. The standard InChI is InChI=1S/C15H24N2O2/c1-6-16-12(5)15(10(2)3)13-8-7-11(4)9-14(13)17(18)19/h7-10,12,15-16H,6H2,1-5H3. The van der Waals surface area contributed by atoms with E-state index < -0.39 is 0 Å². The quantitative estimate of drug-likeness (QED) is 0.630. The highest BCUT2D eigenvalue weighted by molar-refractivity contribution is 5.46. The van der Waals surface area contributed by atoms with Crippen molar-refractivity contribution in [2.45, 2.75) is 46.6 Å². The molecule has 0 aliphatic heterocycles. The smallest absolute Gasteiger partial charge is 0.273 e.